The Morgan fingerprint density at radius 3 is 2.47 bits per heavy atom. The van der Waals surface area contributed by atoms with Crippen molar-refractivity contribution in [2.45, 2.75) is 13.0 Å². The summed E-state index contributed by atoms with van der Waals surface area (Å²) in [6, 6.07) is 18.9. The van der Waals surface area contributed by atoms with E-state index >= 15 is 0 Å². The lowest BCUT2D eigenvalue weighted by Gasteiger charge is -2.23. The third-order valence-electron chi connectivity index (χ3n) is 4.67. The molecule has 1 aliphatic rings. The molecule has 1 aliphatic heterocycles. The van der Waals surface area contributed by atoms with Gasteiger partial charge in [0.1, 0.15) is 15.8 Å². The number of carboxylic acid groups (broad SMARTS) is 1. The largest absolute Gasteiger partial charge is 0.479 e. The van der Waals surface area contributed by atoms with Crippen LogP contribution in [-0.2, 0) is 9.59 Å². The molecule has 150 valence electrons. The molecule has 30 heavy (non-hydrogen) atoms. The van der Waals surface area contributed by atoms with Crippen molar-refractivity contribution in [1.29, 1.82) is 0 Å². The molecule has 1 N–H and O–H groups in total. The van der Waals surface area contributed by atoms with Crippen molar-refractivity contribution in [3.05, 3.63) is 88.5 Å². The molecular weight excluding hydrogens is 418 g/mol. The van der Waals surface area contributed by atoms with Crippen LogP contribution in [0.4, 0.5) is 0 Å². The smallest absolute Gasteiger partial charge is 0.331 e. The van der Waals surface area contributed by atoms with E-state index in [0.29, 0.717) is 22.0 Å². The first kappa shape index (κ1) is 20.1. The molecule has 1 fully saturated rings. The van der Waals surface area contributed by atoms with Crippen LogP contribution in [0.3, 0.4) is 0 Å². The van der Waals surface area contributed by atoms with Crippen molar-refractivity contribution in [2.24, 2.45) is 0 Å². The van der Waals surface area contributed by atoms with E-state index in [2.05, 4.69) is 0 Å². The van der Waals surface area contributed by atoms with E-state index in [4.69, 9.17) is 16.6 Å². The first-order chi connectivity index (χ1) is 14.4. The quantitative estimate of drug-likeness (QED) is 0.434. The van der Waals surface area contributed by atoms with E-state index in [1.807, 2.05) is 37.3 Å². The normalized spacial score (nSPS) is 16.3. The molecule has 0 unspecified atom stereocenters. The summed E-state index contributed by atoms with van der Waals surface area (Å²) in [5.41, 5.74) is 2.57. The molecule has 0 bridgehead atoms. The lowest BCUT2D eigenvalue weighted by atomic mass is 10.1. The summed E-state index contributed by atoms with van der Waals surface area (Å²) in [5.74, 6) is -0.407. The summed E-state index contributed by atoms with van der Waals surface area (Å²) in [6.07, 6.45) is 1.60. The van der Waals surface area contributed by atoms with E-state index < -0.39 is 17.9 Å². The van der Waals surface area contributed by atoms with Gasteiger partial charge < -0.3 is 9.52 Å². The van der Waals surface area contributed by atoms with Gasteiger partial charge in [0.25, 0.3) is 5.91 Å². The van der Waals surface area contributed by atoms with Gasteiger partial charge in [-0.15, -0.1) is 0 Å². The van der Waals surface area contributed by atoms with Gasteiger partial charge in [0, 0.05) is 11.6 Å². The molecular formula is C23H17NO4S2. The predicted octanol–water partition coefficient (Wildman–Crippen LogP) is 5.28. The second-order valence-corrected chi connectivity index (χ2v) is 8.45. The summed E-state index contributed by atoms with van der Waals surface area (Å²) >= 11 is 6.40. The highest BCUT2D eigenvalue weighted by molar-refractivity contribution is 8.26. The Balaban J connectivity index is 1.62. The number of furan rings is 1. The third kappa shape index (κ3) is 3.94. The van der Waals surface area contributed by atoms with Gasteiger partial charge in [-0.05, 0) is 24.6 Å². The molecule has 3 aromatic rings. The van der Waals surface area contributed by atoms with Crippen LogP contribution in [0.5, 0.6) is 0 Å². The van der Waals surface area contributed by atoms with Crippen LogP contribution in [0, 0.1) is 6.92 Å². The van der Waals surface area contributed by atoms with Gasteiger partial charge in [-0.25, -0.2) is 4.79 Å². The average Bonchev–Trinajstić information content (AvgIpc) is 3.30. The zero-order valence-corrected chi connectivity index (χ0v) is 17.6. The van der Waals surface area contributed by atoms with Gasteiger partial charge in [0.05, 0.1) is 4.91 Å². The number of carboxylic acids is 1. The van der Waals surface area contributed by atoms with Crippen LogP contribution in [0.15, 0.2) is 76.1 Å². The highest BCUT2D eigenvalue weighted by Crippen LogP contribution is 2.38. The molecule has 0 aliphatic carbocycles. The van der Waals surface area contributed by atoms with Crippen molar-refractivity contribution in [1.82, 2.24) is 4.90 Å². The molecule has 1 atom stereocenters. The van der Waals surface area contributed by atoms with Gasteiger partial charge in [0.2, 0.25) is 0 Å². The number of aryl methyl sites for hydroxylation is 1. The fourth-order valence-electron chi connectivity index (χ4n) is 3.17. The number of hydrogen-bond acceptors (Lipinski definition) is 5. The zero-order valence-electron chi connectivity index (χ0n) is 15.9. The van der Waals surface area contributed by atoms with Gasteiger partial charge in [0.15, 0.2) is 6.04 Å². The van der Waals surface area contributed by atoms with Gasteiger partial charge >= 0.3 is 5.97 Å². The molecule has 1 saturated heterocycles. The number of rotatable bonds is 5. The van der Waals surface area contributed by atoms with Gasteiger partial charge in [-0.2, -0.15) is 0 Å². The molecule has 1 amide bonds. The third-order valence-corrected chi connectivity index (χ3v) is 6.00. The van der Waals surface area contributed by atoms with Crippen LogP contribution in [0.25, 0.3) is 17.4 Å². The fraction of sp³-hybridized carbons (Fsp3) is 0.0870. The maximum atomic E-state index is 13.0. The Labute approximate surface area is 183 Å². The maximum Gasteiger partial charge on any atom is 0.331 e. The monoisotopic (exact) mass is 435 g/mol. The lowest BCUT2D eigenvalue weighted by Crippen LogP contribution is -2.37. The standard InChI is InChI=1S/C23H17NO4S2/c1-14-7-9-15(10-8-14)18-12-11-17(28-18)13-19-21(25)24(23(29)30-19)20(22(26)27)16-5-3-2-4-6-16/h2-13,20H,1H3,(H,26,27)/b19-13+/t20-/m1/s1. The van der Waals surface area contributed by atoms with E-state index in [9.17, 15) is 14.7 Å². The molecule has 7 heteroatoms. The number of benzene rings is 2. The SMILES string of the molecule is Cc1ccc(-c2ccc(/C=C3/SC(=S)N([C@@H](C(=O)O)c4ccccc4)C3=O)o2)cc1. The molecule has 1 aromatic heterocycles. The lowest BCUT2D eigenvalue weighted by molar-refractivity contribution is -0.145. The number of thioether (sulfide) groups is 1. The number of hydrogen-bond donors (Lipinski definition) is 1. The van der Waals surface area contributed by atoms with Crippen molar-refractivity contribution in [3.8, 4) is 11.3 Å². The number of nitrogens with zero attached hydrogens (tertiary/aromatic N) is 1. The van der Waals surface area contributed by atoms with Crippen molar-refractivity contribution >= 4 is 46.3 Å². The molecule has 4 rings (SSSR count). The minimum Gasteiger partial charge on any atom is -0.479 e. The minimum atomic E-state index is -1.18. The van der Waals surface area contributed by atoms with E-state index in [1.165, 1.54) is 0 Å². The molecule has 0 radical (unpaired) electrons. The first-order valence-corrected chi connectivity index (χ1v) is 10.4. The molecule has 2 heterocycles. The van der Waals surface area contributed by atoms with Crippen LogP contribution < -0.4 is 0 Å². The Morgan fingerprint density at radius 2 is 1.80 bits per heavy atom. The number of aliphatic carboxylic acids is 1. The number of carbonyl (C=O) groups excluding carboxylic acids is 1. The summed E-state index contributed by atoms with van der Waals surface area (Å²) in [4.78, 5) is 26.4. The molecule has 0 spiro atoms. The summed E-state index contributed by atoms with van der Waals surface area (Å²) in [6.45, 7) is 2.01. The maximum absolute atomic E-state index is 13.0. The van der Waals surface area contributed by atoms with Crippen molar-refractivity contribution in [2.75, 3.05) is 0 Å². The summed E-state index contributed by atoms with van der Waals surface area (Å²) in [7, 11) is 0. The number of carbonyl (C=O) groups is 2. The zero-order chi connectivity index (χ0) is 21.3. The average molecular weight is 436 g/mol. The Hall–Kier alpha value is -3.16. The highest BCUT2D eigenvalue weighted by Gasteiger charge is 2.41. The molecule has 5 nitrogen and oxygen atoms in total. The van der Waals surface area contributed by atoms with E-state index in [0.717, 1.165) is 27.8 Å². The topological polar surface area (TPSA) is 70.8 Å². The second-order valence-electron chi connectivity index (χ2n) is 6.77. The summed E-state index contributed by atoms with van der Waals surface area (Å²) in [5, 5.41) is 9.75. The van der Waals surface area contributed by atoms with Gasteiger partial charge in [-0.1, -0.05) is 84.1 Å². The van der Waals surface area contributed by atoms with Crippen LogP contribution in [0.2, 0.25) is 0 Å². The Kier molecular flexibility index (Phi) is 5.57. The second kappa shape index (κ2) is 8.30. The Morgan fingerprint density at radius 1 is 1.10 bits per heavy atom. The van der Waals surface area contributed by atoms with Crippen molar-refractivity contribution < 1.29 is 19.1 Å². The Bertz CT molecular complexity index is 1150. The van der Waals surface area contributed by atoms with Crippen molar-refractivity contribution in [3.63, 3.8) is 0 Å². The molecule has 0 saturated carbocycles. The number of thiocarbonyl (C=S) groups is 1. The minimum absolute atomic E-state index is 0.202. The molecule has 2 aromatic carbocycles. The van der Waals surface area contributed by atoms with Crippen LogP contribution >= 0.6 is 24.0 Å². The highest BCUT2D eigenvalue weighted by atomic mass is 32.2. The summed E-state index contributed by atoms with van der Waals surface area (Å²) < 4.78 is 6.06. The van der Waals surface area contributed by atoms with Crippen LogP contribution in [0.1, 0.15) is 22.9 Å². The van der Waals surface area contributed by atoms with E-state index in [1.54, 1.807) is 42.5 Å². The fourth-order valence-corrected chi connectivity index (χ4v) is 4.47. The van der Waals surface area contributed by atoms with Crippen LogP contribution in [-0.4, -0.2) is 26.2 Å². The predicted molar refractivity (Wildman–Crippen MR) is 121 cm³/mol. The first-order valence-electron chi connectivity index (χ1n) is 9.16. The number of amides is 1. The van der Waals surface area contributed by atoms with Gasteiger partial charge in [-0.3, -0.25) is 9.69 Å². The van der Waals surface area contributed by atoms with E-state index in [-0.39, 0.29) is 4.32 Å².